The zero-order valence-corrected chi connectivity index (χ0v) is 19.4. The molecule has 6 heteroatoms. The number of thiophene rings is 1. The first-order valence-corrected chi connectivity index (χ1v) is 12.2. The molecule has 0 radical (unpaired) electrons. The van der Waals surface area contributed by atoms with E-state index in [1.807, 2.05) is 49.5 Å². The lowest BCUT2D eigenvalue weighted by Gasteiger charge is -2.12. The third-order valence-electron chi connectivity index (χ3n) is 5.92. The highest BCUT2D eigenvalue weighted by atomic mass is 32.1. The van der Waals surface area contributed by atoms with Gasteiger partial charge in [0.25, 0.3) is 5.91 Å². The van der Waals surface area contributed by atoms with Crippen LogP contribution in [0.4, 0.5) is 5.00 Å². The van der Waals surface area contributed by atoms with Crippen LogP contribution in [0, 0.1) is 0 Å². The summed E-state index contributed by atoms with van der Waals surface area (Å²) in [4.78, 5) is 19.3. The van der Waals surface area contributed by atoms with Crippen LogP contribution in [0.3, 0.4) is 0 Å². The maximum Gasteiger partial charge on any atom is 0.255 e. The van der Waals surface area contributed by atoms with Gasteiger partial charge in [0.2, 0.25) is 0 Å². The highest BCUT2D eigenvalue weighted by molar-refractivity contribution is 7.16. The summed E-state index contributed by atoms with van der Waals surface area (Å²) in [5.74, 6) is 1.52. The Morgan fingerprint density at radius 1 is 1.12 bits per heavy atom. The van der Waals surface area contributed by atoms with Crippen molar-refractivity contribution in [1.29, 1.82) is 0 Å². The number of aliphatic imine (C=N–C) groups is 1. The molecule has 5 nitrogen and oxygen atoms in total. The summed E-state index contributed by atoms with van der Waals surface area (Å²) in [6.45, 7) is 2.97. The van der Waals surface area contributed by atoms with Crippen LogP contribution in [-0.2, 0) is 19.4 Å². The van der Waals surface area contributed by atoms with E-state index < -0.39 is 0 Å². The molecule has 1 aliphatic rings. The Morgan fingerprint density at radius 3 is 2.79 bits per heavy atom. The molecule has 0 spiro atoms. The van der Waals surface area contributed by atoms with Gasteiger partial charge in [-0.1, -0.05) is 24.3 Å². The zero-order valence-electron chi connectivity index (χ0n) is 18.6. The first-order valence-electron chi connectivity index (χ1n) is 11.4. The van der Waals surface area contributed by atoms with Crippen LogP contribution in [0.25, 0.3) is 10.8 Å². The summed E-state index contributed by atoms with van der Waals surface area (Å²) < 4.78 is 11.2. The van der Waals surface area contributed by atoms with Crippen molar-refractivity contribution in [3.05, 3.63) is 82.1 Å². The number of ether oxygens (including phenoxy) is 1. The van der Waals surface area contributed by atoms with Crippen molar-refractivity contribution >= 4 is 39.2 Å². The molecule has 0 aliphatic heterocycles. The first kappa shape index (κ1) is 21.5. The van der Waals surface area contributed by atoms with Crippen LogP contribution in [0.15, 0.2) is 64.2 Å². The SMILES string of the molecule is CCOc1ccc(C=Nc2sc3c(c2C(=O)NCc2ccco2)CCCC3)c2ccccc12. The van der Waals surface area contributed by atoms with Crippen molar-refractivity contribution in [3.8, 4) is 5.75 Å². The van der Waals surface area contributed by atoms with Gasteiger partial charge in [-0.15, -0.1) is 11.3 Å². The molecule has 0 saturated carbocycles. The van der Waals surface area contributed by atoms with E-state index in [4.69, 9.17) is 14.1 Å². The van der Waals surface area contributed by atoms with Gasteiger partial charge >= 0.3 is 0 Å². The van der Waals surface area contributed by atoms with Crippen LogP contribution in [-0.4, -0.2) is 18.7 Å². The van der Waals surface area contributed by atoms with Gasteiger partial charge < -0.3 is 14.5 Å². The second-order valence-electron chi connectivity index (χ2n) is 8.04. The van der Waals surface area contributed by atoms with Gasteiger partial charge in [0, 0.05) is 22.0 Å². The molecule has 0 fully saturated rings. The van der Waals surface area contributed by atoms with Crippen LogP contribution in [0.2, 0.25) is 0 Å². The van der Waals surface area contributed by atoms with Crippen molar-refractivity contribution in [1.82, 2.24) is 5.32 Å². The fourth-order valence-corrected chi connectivity index (χ4v) is 5.59. The van der Waals surface area contributed by atoms with E-state index in [0.29, 0.717) is 18.7 Å². The Labute approximate surface area is 197 Å². The molecule has 1 amide bonds. The molecular formula is C27H26N2O3S. The molecule has 0 atom stereocenters. The predicted molar refractivity (Wildman–Crippen MR) is 133 cm³/mol. The summed E-state index contributed by atoms with van der Waals surface area (Å²) >= 11 is 1.64. The number of fused-ring (bicyclic) bond motifs is 2. The van der Waals surface area contributed by atoms with Crippen LogP contribution in [0.5, 0.6) is 5.75 Å². The molecule has 0 unspecified atom stereocenters. The van der Waals surface area contributed by atoms with E-state index in [2.05, 4.69) is 17.4 Å². The number of nitrogens with one attached hydrogen (secondary N) is 1. The molecule has 4 aromatic rings. The fourth-order valence-electron chi connectivity index (χ4n) is 4.36. The van der Waals surface area contributed by atoms with Crippen LogP contribution in [0.1, 0.15) is 51.9 Å². The summed E-state index contributed by atoms with van der Waals surface area (Å²) in [5.41, 5.74) is 2.88. The monoisotopic (exact) mass is 458 g/mol. The minimum atomic E-state index is -0.0884. The van der Waals surface area contributed by atoms with Crippen molar-refractivity contribution in [2.75, 3.05) is 6.61 Å². The highest BCUT2D eigenvalue weighted by Gasteiger charge is 2.25. The number of hydrogen-bond donors (Lipinski definition) is 1. The van der Waals surface area contributed by atoms with E-state index in [9.17, 15) is 4.79 Å². The number of benzene rings is 2. The van der Waals surface area contributed by atoms with Gasteiger partial charge in [0.15, 0.2) is 0 Å². The lowest BCUT2D eigenvalue weighted by molar-refractivity contribution is 0.0948. The number of hydrogen-bond acceptors (Lipinski definition) is 5. The van der Waals surface area contributed by atoms with Crippen molar-refractivity contribution in [3.63, 3.8) is 0 Å². The van der Waals surface area contributed by atoms with E-state index >= 15 is 0 Å². The van der Waals surface area contributed by atoms with Crippen molar-refractivity contribution < 1.29 is 13.9 Å². The van der Waals surface area contributed by atoms with Gasteiger partial charge in [0.1, 0.15) is 16.5 Å². The lowest BCUT2D eigenvalue weighted by atomic mass is 9.95. The molecule has 2 aromatic carbocycles. The molecule has 2 aromatic heterocycles. The minimum Gasteiger partial charge on any atom is -0.493 e. The first-order chi connectivity index (χ1) is 16.2. The molecule has 0 saturated heterocycles. The predicted octanol–water partition coefficient (Wildman–Crippen LogP) is 6.45. The topological polar surface area (TPSA) is 63.8 Å². The van der Waals surface area contributed by atoms with Crippen molar-refractivity contribution in [2.24, 2.45) is 4.99 Å². The maximum absolute atomic E-state index is 13.2. The Balaban J connectivity index is 1.49. The number of aryl methyl sites for hydroxylation is 1. The van der Waals surface area contributed by atoms with Gasteiger partial charge in [-0.05, 0) is 67.8 Å². The summed E-state index contributed by atoms with van der Waals surface area (Å²) in [5, 5.41) is 5.93. The summed E-state index contributed by atoms with van der Waals surface area (Å²) in [7, 11) is 0. The van der Waals surface area contributed by atoms with Gasteiger partial charge in [0.05, 0.1) is 25.0 Å². The Hall–Kier alpha value is -3.38. The molecule has 5 rings (SSSR count). The lowest BCUT2D eigenvalue weighted by Crippen LogP contribution is -2.23. The highest BCUT2D eigenvalue weighted by Crippen LogP contribution is 2.40. The van der Waals surface area contributed by atoms with E-state index in [1.54, 1.807) is 17.6 Å². The Bertz CT molecular complexity index is 1300. The number of nitrogens with zero attached hydrogens (tertiary/aromatic N) is 1. The van der Waals surface area contributed by atoms with Crippen molar-refractivity contribution in [2.45, 2.75) is 39.2 Å². The van der Waals surface area contributed by atoms with Crippen LogP contribution >= 0.6 is 11.3 Å². The summed E-state index contributed by atoms with van der Waals surface area (Å²) in [6, 6.07) is 15.9. The van der Waals surface area contributed by atoms with E-state index in [0.717, 1.165) is 64.1 Å². The standard InChI is InChI=1S/C27H26N2O3S/c1-2-31-23-14-13-18(20-9-3-4-10-21(20)23)16-29-27-25(22-11-5-6-12-24(22)33-27)26(30)28-17-19-8-7-15-32-19/h3-4,7-10,13-16H,2,5-6,11-12,17H2,1H3,(H,28,30). The van der Waals surface area contributed by atoms with Gasteiger partial charge in [-0.25, -0.2) is 4.99 Å². The number of amides is 1. The Morgan fingerprint density at radius 2 is 1.97 bits per heavy atom. The maximum atomic E-state index is 13.2. The van der Waals surface area contributed by atoms with E-state index in [-0.39, 0.29) is 5.91 Å². The average Bonchev–Trinajstić information content (AvgIpc) is 3.50. The molecule has 2 heterocycles. The number of carbonyl (C=O) groups excluding carboxylic acids is 1. The molecule has 33 heavy (non-hydrogen) atoms. The minimum absolute atomic E-state index is 0.0884. The molecule has 1 aliphatic carbocycles. The summed E-state index contributed by atoms with van der Waals surface area (Å²) in [6.07, 6.45) is 7.70. The second-order valence-corrected chi connectivity index (χ2v) is 9.13. The zero-order chi connectivity index (χ0) is 22.6. The van der Waals surface area contributed by atoms with Gasteiger partial charge in [-0.2, -0.15) is 0 Å². The quantitative estimate of drug-likeness (QED) is 0.324. The van der Waals surface area contributed by atoms with Gasteiger partial charge in [-0.3, -0.25) is 4.79 Å². The average molecular weight is 459 g/mol. The van der Waals surface area contributed by atoms with E-state index in [1.165, 1.54) is 4.88 Å². The third-order valence-corrected chi connectivity index (χ3v) is 7.12. The largest absolute Gasteiger partial charge is 0.493 e. The fraction of sp³-hybridized carbons (Fsp3) is 0.259. The normalized spacial score (nSPS) is 13.4. The molecule has 0 bridgehead atoms. The number of furan rings is 1. The Kier molecular flexibility index (Phi) is 6.26. The second kappa shape index (κ2) is 9.63. The number of rotatable bonds is 7. The molecule has 1 N–H and O–H groups in total. The smallest absolute Gasteiger partial charge is 0.255 e. The molecule has 168 valence electrons. The molecular weight excluding hydrogens is 432 g/mol. The van der Waals surface area contributed by atoms with Crippen LogP contribution < -0.4 is 10.1 Å². The third kappa shape index (κ3) is 4.44. The number of carbonyl (C=O) groups is 1.